The molecule has 0 fully saturated rings. The van der Waals surface area contributed by atoms with E-state index in [4.69, 9.17) is 11.6 Å². The molecule has 0 saturated heterocycles. The van der Waals surface area contributed by atoms with Crippen LogP contribution in [0, 0.1) is 0 Å². The fourth-order valence-corrected chi connectivity index (χ4v) is 5.12. The first-order valence-corrected chi connectivity index (χ1v) is 12.6. The second-order valence-corrected chi connectivity index (χ2v) is 11.1. The molecule has 1 aliphatic heterocycles. The maximum Gasteiger partial charge on any atom is 0.262 e. The summed E-state index contributed by atoms with van der Waals surface area (Å²) in [6, 6.07) is 8.65. The van der Waals surface area contributed by atoms with Crippen molar-refractivity contribution in [1.82, 2.24) is 9.80 Å². The molecule has 0 spiro atoms. The van der Waals surface area contributed by atoms with Gasteiger partial charge in [-0.1, -0.05) is 23.7 Å². The number of fused-ring (bicyclic) bond motifs is 1. The second-order valence-electron chi connectivity index (χ2n) is 7.02. The van der Waals surface area contributed by atoms with Gasteiger partial charge < -0.3 is 4.90 Å². The molecule has 10 heteroatoms. The molecule has 7 nitrogen and oxygen atoms in total. The lowest BCUT2D eigenvalue weighted by molar-refractivity contribution is -0.135. The van der Waals surface area contributed by atoms with Crippen molar-refractivity contribution < 1.29 is 22.8 Å². The monoisotopic (exact) mass is 468 g/mol. The molecule has 3 amide bonds. The van der Waals surface area contributed by atoms with Gasteiger partial charge in [-0.3, -0.25) is 19.3 Å². The van der Waals surface area contributed by atoms with Gasteiger partial charge in [0.25, 0.3) is 11.8 Å². The third-order valence-corrected chi connectivity index (χ3v) is 7.05. The quantitative estimate of drug-likeness (QED) is 0.555. The maximum absolute atomic E-state index is 13.4. The molecule has 30 heavy (non-hydrogen) atoms. The van der Waals surface area contributed by atoms with Gasteiger partial charge in [0.2, 0.25) is 5.91 Å². The molecule has 0 bridgehead atoms. The van der Waals surface area contributed by atoms with Gasteiger partial charge in [0.15, 0.2) is 0 Å². The van der Waals surface area contributed by atoms with E-state index < -0.39 is 33.6 Å². The third-order valence-electron chi connectivity index (χ3n) is 4.85. The summed E-state index contributed by atoms with van der Waals surface area (Å²) >= 11 is 7.30. The Morgan fingerprint density at radius 1 is 1.13 bits per heavy atom. The lowest BCUT2D eigenvalue weighted by Crippen LogP contribution is -2.51. The van der Waals surface area contributed by atoms with Crippen molar-refractivity contribution in [3.8, 4) is 0 Å². The van der Waals surface area contributed by atoms with Crippen LogP contribution in [0.1, 0.15) is 38.9 Å². The van der Waals surface area contributed by atoms with E-state index >= 15 is 0 Å². The Labute approximate surface area is 184 Å². The molecular weight excluding hydrogens is 448 g/mol. The number of imide groups is 1. The SMILES string of the molecule is CCN(Cc1ccc(Cl)s1)C(=O)C(CCS(C)(=O)=O)N1C(=O)c2ccccc2C1=O. The van der Waals surface area contributed by atoms with Crippen LogP contribution in [-0.4, -0.2) is 60.5 Å². The molecule has 1 aliphatic rings. The number of carbonyl (C=O) groups is 3. The van der Waals surface area contributed by atoms with E-state index in [1.54, 1.807) is 31.2 Å². The van der Waals surface area contributed by atoms with Crippen LogP contribution >= 0.6 is 22.9 Å². The van der Waals surface area contributed by atoms with E-state index in [-0.39, 0.29) is 29.8 Å². The first-order chi connectivity index (χ1) is 14.1. The van der Waals surface area contributed by atoms with E-state index in [1.807, 2.05) is 0 Å². The van der Waals surface area contributed by atoms with Crippen molar-refractivity contribution >= 4 is 50.5 Å². The summed E-state index contributed by atoms with van der Waals surface area (Å²) in [4.78, 5) is 42.5. The standard InChI is InChI=1S/C20H21ClN2O5S2/c1-3-22(12-13-8-9-17(21)29-13)20(26)16(10-11-30(2,27)28)23-18(24)14-6-4-5-7-15(14)19(23)25/h4-9,16H,3,10-12H2,1-2H3. The number of sulfone groups is 1. The molecular formula is C20H21ClN2O5S2. The molecule has 0 radical (unpaired) electrons. The maximum atomic E-state index is 13.4. The topological polar surface area (TPSA) is 91.8 Å². The number of halogens is 1. The van der Waals surface area contributed by atoms with Crippen molar-refractivity contribution in [2.75, 3.05) is 18.6 Å². The second kappa shape index (κ2) is 8.87. The lowest BCUT2D eigenvalue weighted by Gasteiger charge is -2.30. The normalized spacial score (nSPS) is 14.7. The smallest absolute Gasteiger partial charge is 0.262 e. The van der Waals surface area contributed by atoms with Crippen LogP contribution < -0.4 is 0 Å². The molecule has 1 unspecified atom stereocenters. The van der Waals surface area contributed by atoms with Gasteiger partial charge in [-0.05, 0) is 37.6 Å². The average Bonchev–Trinajstić information content (AvgIpc) is 3.21. The number of likely N-dealkylation sites (N-methyl/N-ethyl adjacent to an activating group) is 1. The fraction of sp³-hybridized carbons (Fsp3) is 0.350. The van der Waals surface area contributed by atoms with Crippen molar-refractivity contribution in [3.63, 3.8) is 0 Å². The van der Waals surface area contributed by atoms with Crippen molar-refractivity contribution in [1.29, 1.82) is 0 Å². The minimum atomic E-state index is -3.41. The molecule has 1 aromatic heterocycles. The molecule has 3 rings (SSSR count). The minimum Gasteiger partial charge on any atom is -0.336 e. The number of hydrogen-bond acceptors (Lipinski definition) is 6. The van der Waals surface area contributed by atoms with Crippen LogP contribution in [0.4, 0.5) is 0 Å². The number of rotatable bonds is 8. The van der Waals surface area contributed by atoms with Gasteiger partial charge in [-0.2, -0.15) is 0 Å². The van der Waals surface area contributed by atoms with Crippen LogP contribution in [0.5, 0.6) is 0 Å². The van der Waals surface area contributed by atoms with E-state index in [2.05, 4.69) is 0 Å². The molecule has 1 aromatic carbocycles. The lowest BCUT2D eigenvalue weighted by atomic mass is 10.1. The Hall–Kier alpha value is -2.23. The highest BCUT2D eigenvalue weighted by atomic mass is 35.5. The van der Waals surface area contributed by atoms with Gasteiger partial charge in [0.05, 0.1) is 27.8 Å². The summed E-state index contributed by atoms with van der Waals surface area (Å²) in [6.45, 7) is 2.36. The molecule has 160 valence electrons. The molecule has 0 N–H and O–H groups in total. The van der Waals surface area contributed by atoms with Gasteiger partial charge in [0.1, 0.15) is 15.9 Å². The summed E-state index contributed by atoms with van der Waals surface area (Å²) in [7, 11) is -3.41. The number of carbonyl (C=O) groups excluding carboxylic acids is 3. The summed E-state index contributed by atoms with van der Waals surface area (Å²) in [5, 5.41) is 0. The highest BCUT2D eigenvalue weighted by Gasteiger charge is 2.43. The zero-order valence-corrected chi connectivity index (χ0v) is 18.9. The Balaban J connectivity index is 1.93. The molecule has 0 saturated carbocycles. The number of nitrogens with zero attached hydrogens (tertiary/aromatic N) is 2. The van der Waals surface area contributed by atoms with Crippen LogP contribution in [-0.2, 0) is 21.2 Å². The zero-order chi connectivity index (χ0) is 22.1. The minimum absolute atomic E-state index is 0.162. The van der Waals surface area contributed by atoms with Gasteiger partial charge in [0, 0.05) is 17.7 Å². The van der Waals surface area contributed by atoms with Crippen LogP contribution in [0.2, 0.25) is 4.34 Å². The number of hydrogen-bond donors (Lipinski definition) is 0. The van der Waals surface area contributed by atoms with Gasteiger partial charge in [-0.25, -0.2) is 8.42 Å². The van der Waals surface area contributed by atoms with Gasteiger partial charge in [-0.15, -0.1) is 11.3 Å². The number of benzene rings is 1. The van der Waals surface area contributed by atoms with Crippen molar-refractivity contribution in [3.05, 3.63) is 56.7 Å². The predicted molar refractivity (Wildman–Crippen MR) is 115 cm³/mol. The molecule has 1 atom stereocenters. The highest BCUT2D eigenvalue weighted by molar-refractivity contribution is 7.90. The average molecular weight is 469 g/mol. The Morgan fingerprint density at radius 3 is 2.20 bits per heavy atom. The highest BCUT2D eigenvalue weighted by Crippen LogP contribution is 2.28. The molecule has 0 aliphatic carbocycles. The first-order valence-electron chi connectivity index (χ1n) is 9.30. The number of thiophene rings is 1. The van der Waals surface area contributed by atoms with E-state index in [9.17, 15) is 22.8 Å². The van der Waals surface area contributed by atoms with Crippen LogP contribution in [0.15, 0.2) is 36.4 Å². The Bertz CT molecular complexity index is 1060. The fourth-order valence-electron chi connectivity index (χ4n) is 3.36. The summed E-state index contributed by atoms with van der Waals surface area (Å²) in [6.07, 6.45) is 0.896. The van der Waals surface area contributed by atoms with Gasteiger partial charge >= 0.3 is 0 Å². The van der Waals surface area contributed by atoms with Crippen LogP contribution in [0.25, 0.3) is 0 Å². The first kappa shape index (κ1) is 22.5. The van der Waals surface area contributed by atoms with E-state index in [0.717, 1.165) is 16.0 Å². The molecule has 2 aromatic rings. The summed E-state index contributed by atoms with van der Waals surface area (Å²) < 4.78 is 24.1. The van der Waals surface area contributed by atoms with E-state index in [0.29, 0.717) is 10.9 Å². The number of amides is 3. The zero-order valence-electron chi connectivity index (χ0n) is 16.5. The van der Waals surface area contributed by atoms with E-state index in [1.165, 1.54) is 28.4 Å². The molecule has 2 heterocycles. The predicted octanol–water partition coefficient (Wildman–Crippen LogP) is 2.85. The van der Waals surface area contributed by atoms with Crippen molar-refractivity contribution in [2.24, 2.45) is 0 Å². The Morgan fingerprint density at radius 2 is 1.73 bits per heavy atom. The summed E-state index contributed by atoms with van der Waals surface area (Å²) in [5.41, 5.74) is 0.431. The third kappa shape index (κ3) is 4.74. The summed E-state index contributed by atoms with van der Waals surface area (Å²) in [5.74, 6) is -1.96. The van der Waals surface area contributed by atoms with Crippen molar-refractivity contribution in [2.45, 2.75) is 25.9 Å². The Kier molecular flexibility index (Phi) is 6.64. The largest absolute Gasteiger partial charge is 0.336 e. The van der Waals surface area contributed by atoms with Crippen LogP contribution in [0.3, 0.4) is 0 Å².